The molecule has 0 spiro atoms. The second-order valence-electron chi connectivity index (χ2n) is 8.77. The van der Waals surface area contributed by atoms with Gasteiger partial charge in [0.25, 0.3) is 0 Å². The number of halogens is 2. The number of benzene rings is 2. The molecule has 0 saturated heterocycles. The van der Waals surface area contributed by atoms with E-state index in [2.05, 4.69) is 20.3 Å². The molecule has 0 aliphatic carbocycles. The number of aromatic nitrogens is 2. The molecular formula is C29H30ClFN8. The lowest BCUT2D eigenvalue weighted by atomic mass is 10.0. The van der Waals surface area contributed by atoms with Crippen LogP contribution in [0.15, 0.2) is 84.4 Å². The third-order valence-corrected chi connectivity index (χ3v) is 6.26. The van der Waals surface area contributed by atoms with Crippen LogP contribution in [0.25, 0.3) is 27.9 Å². The van der Waals surface area contributed by atoms with Crippen LogP contribution in [-0.4, -0.2) is 41.3 Å². The van der Waals surface area contributed by atoms with E-state index in [0.717, 1.165) is 34.1 Å². The zero-order chi connectivity index (χ0) is 27.8. The third kappa shape index (κ3) is 6.77. The molecule has 2 aromatic heterocycles. The minimum atomic E-state index is -0.510. The average Bonchev–Trinajstić information content (AvgIpc) is 2.94. The molecule has 0 atom stereocenters. The molecule has 4 aromatic rings. The predicted molar refractivity (Wildman–Crippen MR) is 158 cm³/mol. The summed E-state index contributed by atoms with van der Waals surface area (Å²) in [6, 6.07) is 15.5. The monoisotopic (exact) mass is 544 g/mol. The van der Waals surface area contributed by atoms with Crippen molar-refractivity contribution in [3.63, 3.8) is 0 Å². The van der Waals surface area contributed by atoms with Crippen molar-refractivity contribution in [3.05, 3.63) is 112 Å². The number of fused-ring (bicyclic) bond motifs is 1. The van der Waals surface area contributed by atoms with Crippen LogP contribution in [0.5, 0.6) is 0 Å². The lowest BCUT2D eigenvalue weighted by Crippen LogP contribution is -2.31. The Morgan fingerprint density at radius 1 is 1.13 bits per heavy atom. The molecule has 0 saturated carbocycles. The van der Waals surface area contributed by atoms with E-state index in [1.165, 1.54) is 29.4 Å². The molecule has 8 nitrogen and oxygen atoms in total. The molecule has 0 bridgehead atoms. The number of nitrogens with zero attached hydrogens (tertiary/aromatic N) is 4. The Morgan fingerprint density at radius 2 is 1.95 bits per heavy atom. The first-order valence-electron chi connectivity index (χ1n) is 12.2. The Bertz CT molecular complexity index is 1540. The number of hydrazine groups is 1. The van der Waals surface area contributed by atoms with Crippen molar-refractivity contribution in [1.82, 2.24) is 20.3 Å². The molecule has 200 valence electrons. The lowest BCUT2D eigenvalue weighted by molar-refractivity contribution is 0.410. The smallest absolute Gasteiger partial charge is 0.132 e. The summed E-state index contributed by atoms with van der Waals surface area (Å²) in [4.78, 5) is 13.2. The molecule has 2 aromatic carbocycles. The van der Waals surface area contributed by atoms with Gasteiger partial charge in [0.15, 0.2) is 0 Å². The Hall–Kier alpha value is -4.31. The van der Waals surface area contributed by atoms with Gasteiger partial charge in [-0.1, -0.05) is 23.7 Å². The minimum absolute atomic E-state index is 0.143. The maximum absolute atomic E-state index is 14.9. The lowest BCUT2D eigenvalue weighted by Gasteiger charge is -2.25. The number of hydrogen-bond acceptors (Lipinski definition) is 8. The van der Waals surface area contributed by atoms with Crippen molar-refractivity contribution in [2.24, 2.45) is 22.3 Å². The molecule has 2 heterocycles. The molecule has 7 N–H and O–H groups in total. The number of allylic oxidation sites excluding steroid dienone is 1. The fourth-order valence-corrected chi connectivity index (χ4v) is 4.24. The van der Waals surface area contributed by atoms with Crippen LogP contribution in [0.3, 0.4) is 0 Å². The van der Waals surface area contributed by atoms with Gasteiger partial charge in [0.1, 0.15) is 5.82 Å². The van der Waals surface area contributed by atoms with E-state index >= 15 is 0 Å². The highest BCUT2D eigenvalue weighted by atomic mass is 35.5. The molecule has 4 rings (SSSR count). The van der Waals surface area contributed by atoms with Crippen LogP contribution in [0.2, 0.25) is 5.02 Å². The SMILES string of the molecule is CNCCN=C/C(=C\N)c1cnc2ccc(/C(=C(/N)c3cc(Cl)ccc3F)N(N)Cc3cccnc3)cc2c1. The van der Waals surface area contributed by atoms with Crippen LogP contribution >= 0.6 is 11.6 Å². The molecule has 0 unspecified atom stereocenters. The van der Waals surface area contributed by atoms with E-state index in [0.29, 0.717) is 22.8 Å². The zero-order valence-corrected chi connectivity index (χ0v) is 22.2. The Labute approximate surface area is 231 Å². The van der Waals surface area contributed by atoms with Gasteiger partial charge in [-0.05, 0) is 55.1 Å². The number of nitrogens with one attached hydrogen (secondary N) is 1. The summed E-state index contributed by atoms with van der Waals surface area (Å²) in [5.74, 6) is 6.07. The van der Waals surface area contributed by atoms with Gasteiger partial charge in [0.2, 0.25) is 0 Å². The first-order valence-corrected chi connectivity index (χ1v) is 12.6. The number of likely N-dealkylation sites (N-methyl/N-ethyl adjacent to an activating group) is 1. The van der Waals surface area contributed by atoms with Gasteiger partial charge in [-0.25, -0.2) is 10.2 Å². The fraction of sp³-hybridized carbons (Fsp3) is 0.138. The Morgan fingerprint density at radius 3 is 2.69 bits per heavy atom. The second kappa shape index (κ2) is 13.0. The van der Waals surface area contributed by atoms with E-state index in [4.69, 9.17) is 28.9 Å². The van der Waals surface area contributed by atoms with E-state index < -0.39 is 5.82 Å². The van der Waals surface area contributed by atoms with E-state index in [1.54, 1.807) is 24.8 Å². The van der Waals surface area contributed by atoms with Gasteiger partial charge in [-0.3, -0.25) is 15.0 Å². The summed E-state index contributed by atoms with van der Waals surface area (Å²) in [6.07, 6.45) is 8.36. The van der Waals surface area contributed by atoms with Gasteiger partial charge >= 0.3 is 0 Å². The number of hydrogen-bond donors (Lipinski definition) is 4. The molecule has 39 heavy (non-hydrogen) atoms. The van der Waals surface area contributed by atoms with Crippen molar-refractivity contribution in [3.8, 4) is 0 Å². The van der Waals surface area contributed by atoms with Crippen LogP contribution in [-0.2, 0) is 6.54 Å². The van der Waals surface area contributed by atoms with Crippen molar-refractivity contribution in [1.29, 1.82) is 0 Å². The molecule has 0 aliphatic heterocycles. The summed E-state index contributed by atoms with van der Waals surface area (Å²) >= 11 is 6.18. The van der Waals surface area contributed by atoms with Crippen LogP contribution in [0.4, 0.5) is 4.39 Å². The fourth-order valence-electron chi connectivity index (χ4n) is 4.06. The molecule has 0 amide bonds. The quantitative estimate of drug-likeness (QED) is 0.0774. The Kier molecular flexibility index (Phi) is 9.22. The minimum Gasteiger partial charge on any atom is -0.404 e. The van der Waals surface area contributed by atoms with E-state index in [1.807, 2.05) is 43.4 Å². The number of aliphatic imine (C=N–C) groups is 1. The predicted octanol–water partition coefficient (Wildman–Crippen LogP) is 4.17. The number of rotatable bonds is 10. The topological polar surface area (TPSA) is 131 Å². The van der Waals surface area contributed by atoms with Gasteiger partial charge in [-0.2, -0.15) is 0 Å². The normalized spacial score (nSPS) is 12.7. The maximum Gasteiger partial charge on any atom is 0.132 e. The summed E-state index contributed by atoms with van der Waals surface area (Å²) in [5.41, 5.74) is 17.0. The average molecular weight is 545 g/mol. The third-order valence-electron chi connectivity index (χ3n) is 6.03. The van der Waals surface area contributed by atoms with E-state index in [-0.39, 0.29) is 17.8 Å². The summed E-state index contributed by atoms with van der Waals surface area (Å²) in [6.45, 7) is 1.66. The van der Waals surface area contributed by atoms with Gasteiger partial charge in [0, 0.05) is 70.2 Å². The highest BCUT2D eigenvalue weighted by molar-refractivity contribution is 6.30. The summed E-state index contributed by atoms with van der Waals surface area (Å²) in [7, 11) is 1.87. The van der Waals surface area contributed by atoms with Crippen LogP contribution < -0.4 is 22.6 Å². The largest absolute Gasteiger partial charge is 0.404 e. The molecular weight excluding hydrogens is 515 g/mol. The molecule has 0 fully saturated rings. The van der Waals surface area contributed by atoms with Crippen LogP contribution in [0.1, 0.15) is 22.3 Å². The number of pyridine rings is 2. The summed E-state index contributed by atoms with van der Waals surface area (Å²) in [5, 5.41) is 5.70. The molecule has 0 radical (unpaired) electrons. The van der Waals surface area contributed by atoms with Crippen molar-refractivity contribution < 1.29 is 4.39 Å². The van der Waals surface area contributed by atoms with Crippen molar-refractivity contribution in [2.45, 2.75) is 6.54 Å². The van der Waals surface area contributed by atoms with E-state index in [9.17, 15) is 4.39 Å². The molecule has 0 aliphatic rings. The highest BCUT2D eigenvalue weighted by Crippen LogP contribution is 2.31. The Balaban J connectivity index is 1.81. The van der Waals surface area contributed by atoms with Gasteiger partial charge in [-0.15, -0.1) is 0 Å². The zero-order valence-electron chi connectivity index (χ0n) is 21.5. The van der Waals surface area contributed by atoms with Crippen molar-refractivity contribution >= 4 is 45.7 Å². The standard InChI is InChI=1S/C29H30ClFN8/c1-35-9-10-37-16-23(14-32)22-12-21-11-20(4-7-27(21)38-17-22)29(39(34)18-19-3-2-8-36-15-19)28(33)25-13-24(30)5-6-26(25)31/h2-8,11-17,35H,9-10,18,32-34H2,1H3/b23-14+,29-28-,37-16?. The first-order chi connectivity index (χ1) is 18.9. The maximum atomic E-state index is 14.9. The second-order valence-corrected chi connectivity index (χ2v) is 9.20. The molecule has 10 heteroatoms. The summed E-state index contributed by atoms with van der Waals surface area (Å²) < 4.78 is 14.9. The van der Waals surface area contributed by atoms with Crippen LogP contribution in [0, 0.1) is 5.82 Å². The number of nitrogens with two attached hydrogens (primary N) is 3. The van der Waals surface area contributed by atoms with Gasteiger partial charge < -0.3 is 21.8 Å². The van der Waals surface area contributed by atoms with Gasteiger partial charge in [0.05, 0.1) is 30.0 Å². The highest BCUT2D eigenvalue weighted by Gasteiger charge is 2.19. The van der Waals surface area contributed by atoms with Crippen molar-refractivity contribution in [2.75, 3.05) is 20.1 Å². The first kappa shape index (κ1) is 27.7.